The molecule has 6 heteroatoms. The summed E-state index contributed by atoms with van der Waals surface area (Å²) in [6.07, 6.45) is 0.497. The Morgan fingerprint density at radius 3 is 2.50 bits per heavy atom. The van der Waals surface area contributed by atoms with Crippen LogP contribution in [-0.4, -0.2) is 21.3 Å². The van der Waals surface area contributed by atoms with E-state index in [0.717, 1.165) is 11.1 Å². The molecule has 0 bridgehead atoms. The van der Waals surface area contributed by atoms with Gasteiger partial charge in [-0.2, -0.15) is 4.98 Å². The highest BCUT2D eigenvalue weighted by molar-refractivity contribution is 5.93. The van der Waals surface area contributed by atoms with Crippen LogP contribution in [0.15, 0.2) is 59.1 Å². The molecule has 6 nitrogen and oxygen atoms in total. The van der Waals surface area contributed by atoms with Gasteiger partial charge in [-0.15, -0.1) is 0 Å². The van der Waals surface area contributed by atoms with Crippen LogP contribution in [0.5, 0.6) is 0 Å². The lowest BCUT2D eigenvalue weighted by molar-refractivity contribution is 0.0706. The number of hydrogen-bond donors (Lipinski definition) is 2. The van der Waals surface area contributed by atoms with Crippen LogP contribution in [0.2, 0.25) is 0 Å². The van der Waals surface area contributed by atoms with E-state index in [2.05, 4.69) is 10.1 Å². The smallest absolute Gasteiger partial charge is 0.274 e. The van der Waals surface area contributed by atoms with Crippen LogP contribution in [-0.2, 0) is 6.42 Å². The third-order valence-corrected chi connectivity index (χ3v) is 3.17. The minimum Gasteiger partial charge on any atom is -0.334 e. The van der Waals surface area contributed by atoms with E-state index in [1.54, 1.807) is 29.7 Å². The van der Waals surface area contributed by atoms with Gasteiger partial charge in [0.2, 0.25) is 0 Å². The molecule has 2 aromatic carbocycles. The molecule has 0 aliphatic heterocycles. The summed E-state index contributed by atoms with van der Waals surface area (Å²) in [5, 5.41) is 12.5. The van der Waals surface area contributed by atoms with Crippen molar-refractivity contribution in [1.82, 2.24) is 15.6 Å². The summed E-state index contributed by atoms with van der Waals surface area (Å²) in [4.78, 5) is 15.6. The number of carbonyl (C=O) groups is 1. The number of nitrogens with zero attached hydrogens (tertiary/aromatic N) is 2. The van der Waals surface area contributed by atoms with Crippen LogP contribution in [0, 0.1) is 0 Å². The summed E-state index contributed by atoms with van der Waals surface area (Å²) < 4.78 is 5.24. The van der Waals surface area contributed by atoms with Gasteiger partial charge < -0.3 is 4.52 Å². The first kappa shape index (κ1) is 14.0. The fourth-order valence-corrected chi connectivity index (χ4v) is 2.04. The van der Waals surface area contributed by atoms with Crippen molar-refractivity contribution in [2.24, 2.45) is 0 Å². The first-order valence-electron chi connectivity index (χ1n) is 6.67. The van der Waals surface area contributed by atoms with Gasteiger partial charge in [-0.05, 0) is 29.8 Å². The lowest BCUT2D eigenvalue weighted by Crippen LogP contribution is -2.18. The zero-order valence-electron chi connectivity index (χ0n) is 11.6. The minimum absolute atomic E-state index is 0.379. The lowest BCUT2D eigenvalue weighted by atomic mass is 10.1. The fraction of sp³-hybridized carbons (Fsp3) is 0.0625. The van der Waals surface area contributed by atoms with Gasteiger partial charge in [-0.1, -0.05) is 35.5 Å². The third kappa shape index (κ3) is 3.02. The van der Waals surface area contributed by atoms with E-state index in [0.29, 0.717) is 23.7 Å². The Labute approximate surface area is 126 Å². The van der Waals surface area contributed by atoms with Gasteiger partial charge in [0.05, 0.1) is 0 Å². The highest BCUT2D eigenvalue weighted by Crippen LogP contribution is 2.17. The Bertz CT molecular complexity index is 767. The van der Waals surface area contributed by atoms with Crippen LogP contribution >= 0.6 is 0 Å². The number of rotatable bonds is 4. The molecule has 0 radical (unpaired) electrons. The average Bonchev–Trinajstić information content (AvgIpc) is 3.04. The monoisotopic (exact) mass is 295 g/mol. The molecule has 0 aliphatic carbocycles. The molecule has 0 saturated heterocycles. The molecule has 0 fully saturated rings. The van der Waals surface area contributed by atoms with Gasteiger partial charge in [0.1, 0.15) is 0 Å². The molecule has 1 amide bonds. The van der Waals surface area contributed by atoms with E-state index in [-0.39, 0.29) is 0 Å². The molecule has 0 atom stereocenters. The van der Waals surface area contributed by atoms with Crippen LogP contribution in [0.4, 0.5) is 0 Å². The molecule has 22 heavy (non-hydrogen) atoms. The Morgan fingerprint density at radius 1 is 1.09 bits per heavy atom. The topological polar surface area (TPSA) is 88.2 Å². The Morgan fingerprint density at radius 2 is 1.82 bits per heavy atom. The summed E-state index contributed by atoms with van der Waals surface area (Å²) in [6, 6.07) is 16.3. The van der Waals surface area contributed by atoms with Crippen molar-refractivity contribution in [2.75, 3.05) is 0 Å². The SMILES string of the molecule is O=C(NO)c1ccc(Cc2noc(-c3ccccc3)n2)cc1. The summed E-state index contributed by atoms with van der Waals surface area (Å²) >= 11 is 0. The highest BCUT2D eigenvalue weighted by atomic mass is 16.5. The molecule has 0 spiro atoms. The predicted molar refractivity (Wildman–Crippen MR) is 78.2 cm³/mol. The van der Waals surface area contributed by atoms with E-state index in [9.17, 15) is 4.79 Å². The van der Waals surface area contributed by atoms with E-state index in [4.69, 9.17) is 9.73 Å². The van der Waals surface area contributed by atoms with Crippen molar-refractivity contribution < 1.29 is 14.5 Å². The highest BCUT2D eigenvalue weighted by Gasteiger charge is 2.09. The second-order valence-corrected chi connectivity index (χ2v) is 4.70. The van der Waals surface area contributed by atoms with Crippen molar-refractivity contribution in [3.63, 3.8) is 0 Å². The molecule has 0 saturated carbocycles. The normalized spacial score (nSPS) is 10.4. The zero-order chi connectivity index (χ0) is 15.4. The standard InChI is InChI=1S/C16H13N3O3/c20-15(18-21)12-8-6-11(7-9-12)10-14-17-16(22-19-14)13-4-2-1-3-5-13/h1-9,21H,10H2,(H,18,20). The van der Waals surface area contributed by atoms with E-state index in [1.165, 1.54) is 0 Å². The quantitative estimate of drug-likeness (QED) is 0.570. The number of amides is 1. The average molecular weight is 295 g/mol. The Balaban J connectivity index is 1.74. The van der Waals surface area contributed by atoms with Gasteiger partial charge in [-0.25, -0.2) is 5.48 Å². The number of carbonyl (C=O) groups excluding carboxylic acids is 1. The number of hydroxylamine groups is 1. The maximum Gasteiger partial charge on any atom is 0.274 e. The van der Waals surface area contributed by atoms with Gasteiger partial charge in [-0.3, -0.25) is 10.0 Å². The zero-order valence-corrected chi connectivity index (χ0v) is 11.6. The molecule has 3 aromatic rings. The maximum atomic E-state index is 11.2. The first-order valence-corrected chi connectivity index (χ1v) is 6.67. The fourth-order valence-electron chi connectivity index (χ4n) is 2.04. The molecule has 3 rings (SSSR count). The second-order valence-electron chi connectivity index (χ2n) is 4.70. The summed E-state index contributed by atoms with van der Waals surface area (Å²) in [7, 11) is 0. The predicted octanol–water partition coefficient (Wildman–Crippen LogP) is 2.45. The number of benzene rings is 2. The Kier molecular flexibility index (Phi) is 3.93. The summed E-state index contributed by atoms with van der Waals surface area (Å²) in [5.74, 6) is 0.502. The largest absolute Gasteiger partial charge is 0.334 e. The van der Waals surface area contributed by atoms with Crippen molar-refractivity contribution in [1.29, 1.82) is 0 Å². The number of hydrogen-bond acceptors (Lipinski definition) is 5. The molecule has 1 aromatic heterocycles. The van der Waals surface area contributed by atoms with E-state index in [1.807, 2.05) is 30.3 Å². The summed E-state index contributed by atoms with van der Waals surface area (Å²) in [6.45, 7) is 0. The van der Waals surface area contributed by atoms with Crippen molar-refractivity contribution in [3.05, 3.63) is 71.5 Å². The van der Waals surface area contributed by atoms with Crippen molar-refractivity contribution in [2.45, 2.75) is 6.42 Å². The molecule has 110 valence electrons. The van der Waals surface area contributed by atoms with Gasteiger partial charge in [0, 0.05) is 17.5 Å². The molecular weight excluding hydrogens is 282 g/mol. The second kappa shape index (κ2) is 6.19. The number of nitrogens with one attached hydrogen (secondary N) is 1. The molecule has 1 heterocycles. The van der Waals surface area contributed by atoms with Crippen LogP contribution in [0.25, 0.3) is 11.5 Å². The van der Waals surface area contributed by atoms with Crippen molar-refractivity contribution in [3.8, 4) is 11.5 Å². The molecule has 0 aliphatic rings. The Hall–Kier alpha value is -2.99. The molecule has 2 N–H and O–H groups in total. The first-order chi connectivity index (χ1) is 10.8. The maximum absolute atomic E-state index is 11.2. The van der Waals surface area contributed by atoms with Crippen LogP contribution < -0.4 is 5.48 Å². The van der Waals surface area contributed by atoms with Crippen LogP contribution in [0.1, 0.15) is 21.7 Å². The van der Waals surface area contributed by atoms with Crippen LogP contribution in [0.3, 0.4) is 0 Å². The van der Waals surface area contributed by atoms with Gasteiger partial charge in [0.15, 0.2) is 5.82 Å². The lowest BCUT2D eigenvalue weighted by Gasteiger charge is -2.00. The van der Waals surface area contributed by atoms with Gasteiger partial charge >= 0.3 is 0 Å². The molecular formula is C16H13N3O3. The molecule has 0 unspecified atom stereocenters. The van der Waals surface area contributed by atoms with E-state index >= 15 is 0 Å². The third-order valence-electron chi connectivity index (χ3n) is 3.17. The van der Waals surface area contributed by atoms with E-state index < -0.39 is 5.91 Å². The van der Waals surface area contributed by atoms with Gasteiger partial charge in [0.25, 0.3) is 11.8 Å². The van der Waals surface area contributed by atoms with Crippen molar-refractivity contribution >= 4 is 5.91 Å². The minimum atomic E-state index is -0.544. The summed E-state index contributed by atoms with van der Waals surface area (Å²) in [5.41, 5.74) is 3.78. The number of aromatic nitrogens is 2.